The van der Waals surface area contributed by atoms with E-state index in [0.717, 1.165) is 45.5 Å². The molecule has 1 aliphatic carbocycles. The molecule has 0 bridgehead atoms. The Labute approximate surface area is 126 Å². The SMILES string of the molecule is CCOCc1ccc(NC2CCC3(CC2)OCCO3)cc1. The van der Waals surface area contributed by atoms with Crippen molar-refractivity contribution < 1.29 is 14.2 Å². The molecule has 0 unspecified atom stereocenters. The monoisotopic (exact) mass is 291 g/mol. The normalized spacial score (nSPS) is 21.8. The van der Waals surface area contributed by atoms with Gasteiger partial charge < -0.3 is 19.5 Å². The predicted molar refractivity (Wildman–Crippen MR) is 82.3 cm³/mol. The quantitative estimate of drug-likeness (QED) is 0.903. The summed E-state index contributed by atoms with van der Waals surface area (Å²) >= 11 is 0. The second-order valence-corrected chi connectivity index (χ2v) is 5.86. The van der Waals surface area contributed by atoms with E-state index in [0.29, 0.717) is 12.6 Å². The van der Waals surface area contributed by atoms with Crippen molar-refractivity contribution in [2.24, 2.45) is 0 Å². The van der Waals surface area contributed by atoms with E-state index in [-0.39, 0.29) is 5.79 Å². The molecule has 0 amide bonds. The van der Waals surface area contributed by atoms with Gasteiger partial charge in [-0.15, -0.1) is 0 Å². The molecule has 1 spiro atoms. The van der Waals surface area contributed by atoms with Crippen LogP contribution in [-0.4, -0.2) is 31.6 Å². The van der Waals surface area contributed by atoms with Crippen LogP contribution in [0.15, 0.2) is 24.3 Å². The van der Waals surface area contributed by atoms with Crippen molar-refractivity contribution in [2.45, 2.75) is 51.0 Å². The van der Waals surface area contributed by atoms with E-state index >= 15 is 0 Å². The smallest absolute Gasteiger partial charge is 0.168 e. The summed E-state index contributed by atoms with van der Waals surface area (Å²) in [6.45, 7) is 4.97. The maximum atomic E-state index is 5.77. The summed E-state index contributed by atoms with van der Waals surface area (Å²) < 4.78 is 17.0. The van der Waals surface area contributed by atoms with Crippen molar-refractivity contribution in [1.29, 1.82) is 0 Å². The van der Waals surface area contributed by atoms with Crippen LogP contribution in [0.5, 0.6) is 0 Å². The zero-order valence-electron chi connectivity index (χ0n) is 12.8. The first kappa shape index (κ1) is 14.8. The fourth-order valence-electron chi connectivity index (χ4n) is 3.14. The Bertz CT molecular complexity index is 430. The Morgan fingerprint density at radius 1 is 1.14 bits per heavy atom. The van der Waals surface area contributed by atoms with Gasteiger partial charge in [0, 0.05) is 31.2 Å². The van der Waals surface area contributed by atoms with Gasteiger partial charge in [0.15, 0.2) is 5.79 Å². The van der Waals surface area contributed by atoms with Gasteiger partial charge in [-0.05, 0) is 37.5 Å². The first-order valence-electron chi connectivity index (χ1n) is 8.01. The molecule has 0 aromatic heterocycles. The minimum atomic E-state index is -0.264. The Hall–Kier alpha value is -1.10. The molecular weight excluding hydrogens is 266 g/mol. The molecule has 1 saturated carbocycles. The van der Waals surface area contributed by atoms with Gasteiger partial charge in [-0.3, -0.25) is 0 Å². The van der Waals surface area contributed by atoms with Crippen LogP contribution in [0.2, 0.25) is 0 Å². The van der Waals surface area contributed by atoms with E-state index in [1.807, 2.05) is 6.92 Å². The Morgan fingerprint density at radius 2 is 1.81 bits per heavy atom. The molecule has 3 rings (SSSR count). The molecular formula is C17H25NO3. The second kappa shape index (κ2) is 6.77. The van der Waals surface area contributed by atoms with Crippen molar-refractivity contribution >= 4 is 5.69 Å². The highest BCUT2D eigenvalue weighted by molar-refractivity contribution is 5.45. The summed E-state index contributed by atoms with van der Waals surface area (Å²) in [6.07, 6.45) is 4.18. The second-order valence-electron chi connectivity index (χ2n) is 5.86. The van der Waals surface area contributed by atoms with Crippen LogP contribution in [0.4, 0.5) is 5.69 Å². The van der Waals surface area contributed by atoms with Gasteiger partial charge in [0.05, 0.1) is 19.8 Å². The third-order valence-corrected chi connectivity index (χ3v) is 4.36. The first-order valence-corrected chi connectivity index (χ1v) is 8.01. The summed E-state index contributed by atoms with van der Waals surface area (Å²) in [6, 6.07) is 9.06. The lowest BCUT2D eigenvalue weighted by atomic mass is 9.90. The lowest BCUT2D eigenvalue weighted by molar-refractivity contribution is -0.177. The van der Waals surface area contributed by atoms with Crippen molar-refractivity contribution in [1.82, 2.24) is 0 Å². The first-order chi connectivity index (χ1) is 10.3. The molecule has 1 aliphatic heterocycles. The zero-order valence-corrected chi connectivity index (χ0v) is 12.8. The van der Waals surface area contributed by atoms with Gasteiger partial charge in [-0.2, -0.15) is 0 Å². The summed E-state index contributed by atoms with van der Waals surface area (Å²) in [7, 11) is 0. The van der Waals surface area contributed by atoms with E-state index in [4.69, 9.17) is 14.2 Å². The summed E-state index contributed by atoms with van der Waals surface area (Å²) in [4.78, 5) is 0. The molecule has 21 heavy (non-hydrogen) atoms. The van der Waals surface area contributed by atoms with Crippen LogP contribution >= 0.6 is 0 Å². The number of hydrogen-bond acceptors (Lipinski definition) is 4. The van der Waals surface area contributed by atoms with Gasteiger partial charge in [0.2, 0.25) is 0 Å². The molecule has 1 aromatic carbocycles. The maximum Gasteiger partial charge on any atom is 0.168 e. The fraction of sp³-hybridized carbons (Fsp3) is 0.647. The van der Waals surface area contributed by atoms with Crippen LogP contribution in [0, 0.1) is 0 Å². The van der Waals surface area contributed by atoms with Gasteiger partial charge in [0.1, 0.15) is 0 Å². The molecule has 0 atom stereocenters. The van der Waals surface area contributed by atoms with Crippen LogP contribution in [0.1, 0.15) is 38.2 Å². The molecule has 1 heterocycles. The standard InChI is InChI=1S/C17H25NO3/c1-2-19-13-14-3-5-15(6-4-14)18-16-7-9-17(10-8-16)20-11-12-21-17/h3-6,16,18H,2,7-13H2,1H3. The molecule has 1 aromatic rings. The molecule has 1 N–H and O–H groups in total. The van der Waals surface area contributed by atoms with Crippen molar-refractivity contribution in [3.8, 4) is 0 Å². The highest BCUT2D eigenvalue weighted by atomic mass is 16.7. The van der Waals surface area contributed by atoms with Crippen LogP contribution < -0.4 is 5.32 Å². The lowest BCUT2D eigenvalue weighted by Gasteiger charge is -2.36. The number of hydrogen-bond donors (Lipinski definition) is 1. The third-order valence-electron chi connectivity index (χ3n) is 4.36. The Kier molecular flexibility index (Phi) is 4.78. The highest BCUT2D eigenvalue weighted by Gasteiger charge is 2.40. The minimum absolute atomic E-state index is 0.264. The summed E-state index contributed by atoms with van der Waals surface area (Å²) in [5, 5.41) is 3.62. The number of benzene rings is 1. The molecule has 116 valence electrons. The maximum absolute atomic E-state index is 5.77. The van der Waals surface area contributed by atoms with Crippen molar-refractivity contribution in [3.05, 3.63) is 29.8 Å². The van der Waals surface area contributed by atoms with E-state index in [1.54, 1.807) is 0 Å². The largest absolute Gasteiger partial charge is 0.382 e. The van der Waals surface area contributed by atoms with Gasteiger partial charge >= 0.3 is 0 Å². The highest BCUT2D eigenvalue weighted by Crippen LogP contribution is 2.36. The number of anilines is 1. The summed E-state index contributed by atoms with van der Waals surface area (Å²) in [5.74, 6) is -0.264. The molecule has 4 nitrogen and oxygen atoms in total. The molecule has 1 saturated heterocycles. The number of ether oxygens (including phenoxy) is 3. The minimum Gasteiger partial charge on any atom is -0.382 e. The van der Waals surface area contributed by atoms with Crippen LogP contribution in [0.3, 0.4) is 0 Å². The van der Waals surface area contributed by atoms with Crippen LogP contribution in [-0.2, 0) is 20.8 Å². The number of nitrogens with one attached hydrogen (secondary N) is 1. The van der Waals surface area contributed by atoms with E-state index in [1.165, 1.54) is 11.3 Å². The van der Waals surface area contributed by atoms with Gasteiger partial charge in [-0.25, -0.2) is 0 Å². The summed E-state index contributed by atoms with van der Waals surface area (Å²) in [5.41, 5.74) is 2.40. The Morgan fingerprint density at radius 3 is 2.43 bits per heavy atom. The van der Waals surface area contributed by atoms with E-state index in [2.05, 4.69) is 29.6 Å². The third kappa shape index (κ3) is 3.76. The topological polar surface area (TPSA) is 39.7 Å². The van der Waals surface area contributed by atoms with Crippen molar-refractivity contribution in [3.63, 3.8) is 0 Å². The average Bonchev–Trinajstić information content (AvgIpc) is 2.98. The molecule has 4 heteroatoms. The fourth-order valence-corrected chi connectivity index (χ4v) is 3.14. The van der Waals surface area contributed by atoms with E-state index < -0.39 is 0 Å². The zero-order chi connectivity index (χ0) is 14.5. The van der Waals surface area contributed by atoms with Crippen molar-refractivity contribution in [2.75, 3.05) is 25.1 Å². The van der Waals surface area contributed by atoms with Gasteiger partial charge in [0.25, 0.3) is 0 Å². The average molecular weight is 291 g/mol. The van der Waals surface area contributed by atoms with E-state index in [9.17, 15) is 0 Å². The molecule has 2 aliphatic rings. The lowest BCUT2D eigenvalue weighted by Crippen LogP contribution is -2.39. The Balaban J connectivity index is 1.48. The number of rotatable bonds is 5. The molecule has 2 fully saturated rings. The molecule has 0 radical (unpaired) electrons. The van der Waals surface area contributed by atoms with Gasteiger partial charge in [-0.1, -0.05) is 12.1 Å². The van der Waals surface area contributed by atoms with Crippen LogP contribution in [0.25, 0.3) is 0 Å². The predicted octanol–water partition coefficient (Wildman–Crippen LogP) is 3.32.